The van der Waals surface area contributed by atoms with E-state index in [9.17, 15) is 14.0 Å². The highest BCUT2D eigenvalue weighted by atomic mass is 35.5. The number of hydrogen-bond donors (Lipinski definition) is 2. The summed E-state index contributed by atoms with van der Waals surface area (Å²) in [4.78, 5) is 24.8. The van der Waals surface area contributed by atoms with Gasteiger partial charge in [0.25, 0.3) is 5.91 Å². The van der Waals surface area contributed by atoms with Crippen molar-refractivity contribution in [2.24, 2.45) is 0 Å². The van der Waals surface area contributed by atoms with Crippen molar-refractivity contribution in [3.8, 4) is 5.75 Å². The molecule has 0 unspecified atom stereocenters. The maximum Gasteiger partial charge on any atom is 0.258 e. The van der Waals surface area contributed by atoms with E-state index in [2.05, 4.69) is 10.6 Å². The number of amides is 2. The van der Waals surface area contributed by atoms with Crippen molar-refractivity contribution < 1.29 is 18.7 Å². The van der Waals surface area contributed by atoms with Crippen LogP contribution in [0.2, 0.25) is 10.0 Å². The number of ether oxygens (including phenoxy) is 1. The zero-order chi connectivity index (χ0) is 22.4. The first kappa shape index (κ1) is 22.6. The molecule has 0 atom stereocenters. The molecule has 0 bridgehead atoms. The maximum atomic E-state index is 14.0. The Morgan fingerprint density at radius 2 is 1.77 bits per heavy atom. The monoisotopic (exact) mass is 460 g/mol. The number of rotatable bonds is 7. The van der Waals surface area contributed by atoms with Crippen LogP contribution in [0.15, 0.2) is 60.7 Å². The van der Waals surface area contributed by atoms with Crippen LogP contribution < -0.4 is 15.4 Å². The summed E-state index contributed by atoms with van der Waals surface area (Å²) in [7, 11) is 1.44. The predicted octanol–water partition coefficient (Wildman–Crippen LogP) is 5.96. The zero-order valence-corrected chi connectivity index (χ0v) is 18.1. The largest absolute Gasteiger partial charge is 0.495 e. The lowest BCUT2D eigenvalue weighted by Crippen LogP contribution is -2.16. The van der Waals surface area contributed by atoms with Crippen LogP contribution in [0.25, 0.3) is 0 Å². The second-order valence-corrected chi connectivity index (χ2v) is 7.48. The van der Waals surface area contributed by atoms with E-state index >= 15 is 0 Å². The molecule has 8 heteroatoms. The minimum atomic E-state index is -0.743. The van der Waals surface area contributed by atoms with E-state index in [0.29, 0.717) is 22.9 Å². The van der Waals surface area contributed by atoms with Gasteiger partial charge in [-0.2, -0.15) is 0 Å². The number of nitrogens with one attached hydrogen (secondary N) is 2. The lowest BCUT2D eigenvalue weighted by atomic mass is 10.1. The number of methoxy groups -OCH3 is 1. The lowest BCUT2D eigenvalue weighted by molar-refractivity contribution is -0.116. The third-order valence-electron chi connectivity index (χ3n) is 4.49. The fourth-order valence-electron chi connectivity index (χ4n) is 2.92. The summed E-state index contributed by atoms with van der Waals surface area (Å²) in [6.07, 6.45) is 0.717. The molecule has 160 valence electrons. The quantitative estimate of drug-likeness (QED) is 0.456. The van der Waals surface area contributed by atoms with Gasteiger partial charge in [0.15, 0.2) is 0 Å². The van der Waals surface area contributed by atoms with Crippen molar-refractivity contribution in [2.45, 2.75) is 12.8 Å². The smallest absolute Gasteiger partial charge is 0.258 e. The Kier molecular flexibility index (Phi) is 7.50. The van der Waals surface area contributed by atoms with Crippen LogP contribution in [0.3, 0.4) is 0 Å². The summed E-state index contributed by atoms with van der Waals surface area (Å²) < 4.78 is 19.3. The van der Waals surface area contributed by atoms with Crippen LogP contribution in [-0.4, -0.2) is 18.9 Å². The molecule has 2 amide bonds. The van der Waals surface area contributed by atoms with Crippen LogP contribution in [-0.2, 0) is 11.2 Å². The lowest BCUT2D eigenvalue weighted by Gasteiger charge is -2.13. The molecule has 0 aromatic heterocycles. The van der Waals surface area contributed by atoms with Gasteiger partial charge < -0.3 is 15.4 Å². The molecule has 2 N–H and O–H groups in total. The van der Waals surface area contributed by atoms with Gasteiger partial charge in [-0.25, -0.2) is 4.39 Å². The van der Waals surface area contributed by atoms with Crippen molar-refractivity contribution in [1.82, 2.24) is 0 Å². The highest BCUT2D eigenvalue weighted by Gasteiger charge is 2.15. The molecule has 0 saturated carbocycles. The van der Waals surface area contributed by atoms with Gasteiger partial charge in [-0.3, -0.25) is 9.59 Å². The molecule has 0 radical (unpaired) electrons. The van der Waals surface area contributed by atoms with E-state index in [1.54, 1.807) is 18.2 Å². The first-order chi connectivity index (χ1) is 14.9. The molecule has 0 spiro atoms. The number of hydrogen-bond acceptors (Lipinski definition) is 3. The Hall–Kier alpha value is -3.09. The van der Waals surface area contributed by atoms with Crippen LogP contribution >= 0.6 is 23.2 Å². The van der Waals surface area contributed by atoms with Crippen LogP contribution in [0, 0.1) is 5.82 Å². The fraction of sp³-hybridized carbons (Fsp3) is 0.130. The summed E-state index contributed by atoms with van der Waals surface area (Å²) in [6, 6.07) is 15.9. The second-order valence-electron chi connectivity index (χ2n) is 6.63. The Morgan fingerprint density at radius 3 is 2.48 bits per heavy atom. The van der Waals surface area contributed by atoms with Gasteiger partial charge in [0.05, 0.1) is 18.4 Å². The molecule has 3 aromatic carbocycles. The van der Waals surface area contributed by atoms with Gasteiger partial charge in [-0.05, 0) is 54.4 Å². The van der Waals surface area contributed by atoms with E-state index in [1.807, 2.05) is 18.2 Å². The molecule has 0 heterocycles. The molecule has 0 aliphatic heterocycles. The van der Waals surface area contributed by atoms with E-state index < -0.39 is 11.7 Å². The highest BCUT2D eigenvalue weighted by molar-refractivity contribution is 6.31. The Labute approximate surface area is 189 Å². The molecule has 0 aliphatic carbocycles. The van der Waals surface area contributed by atoms with Crippen LogP contribution in [0.4, 0.5) is 15.8 Å². The molecule has 0 saturated heterocycles. The molecule has 0 fully saturated rings. The van der Waals surface area contributed by atoms with Gasteiger partial charge >= 0.3 is 0 Å². The zero-order valence-electron chi connectivity index (χ0n) is 16.5. The van der Waals surface area contributed by atoms with E-state index in [4.69, 9.17) is 27.9 Å². The van der Waals surface area contributed by atoms with Gasteiger partial charge in [0.1, 0.15) is 11.6 Å². The number of halogens is 3. The normalized spacial score (nSPS) is 10.5. The van der Waals surface area contributed by atoms with E-state index in [-0.39, 0.29) is 28.6 Å². The van der Waals surface area contributed by atoms with Crippen LogP contribution in [0.5, 0.6) is 5.75 Å². The summed E-state index contributed by atoms with van der Waals surface area (Å²) in [5.41, 5.74) is 1.45. The van der Waals surface area contributed by atoms with E-state index in [1.165, 1.54) is 25.3 Å². The van der Waals surface area contributed by atoms with Crippen LogP contribution in [0.1, 0.15) is 22.3 Å². The minimum Gasteiger partial charge on any atom is -0.495 e. The topological polar surface area (TPSA) is 67.4 Å². The van der Waals surface area contributed by atoms with Gasteiger partial charge in [-0.1, -0.05) is 41.4 Å². The fourth-order valence-corrected chi connectivity index (χ4v) is 3.31. The number of anilines is 2. The summed E-state index contributed by atoms with van der Waals surface area (Å²) >= 11 is 11.9. The van der Waals surface area contributed by atoms with Crippen molar-refractivity contribution in [3.05, 3.63) is 87.7 Å². The molecule has 0 aliphatic rings. The SMILES string of the molecule is COc1ccc(NC(=O)CCc2ccccc2Cl)cc1NC(=O)c1ccc(Cl)cc1F. The van der Waals surface area contributed by atoms with Gasteiger partial charge in [0.2, 0.25) is 5.91 Å². The molecule has 31 heavy (non-hydrogen) atoms. The highest BCUT2D eigenvalue weighted by Crippen LogP contribution is 2.29. The van der Waals surface area contributed by atoms with Crippen molar-refractivity contribution >= 4 is 46.4 Å². The van der Waals surface area contributed by atoms with Crippen molar-refractivity contribution in [3.63, 3.8) is 0 Å². The second kappa shape index (κ2) is 10.3. The standard InChI is InChI=1S/C23H19Cl2FN2O3/c1-31-21-10-8-16(27-22(29)11-6-14-4-2-3-5-18(14)25)13-20(21)28-23(30)17-9-7-15(24)12-19(17)26/h2-5,7-10,12-13H,6,11H2,1H3,(H,27,29)(H,28,30). The Morgan fingerprint density at radius 1 is 1.00 bits per heavy atom. The first-order valence-corrected chi connectivity index (χ1v) is 10.1. The summed E-state index contributed by atoms with van der Waals surface area (Å²) in [5, 5.41) is 6.17. The average molecular weight is 461 g/mol. The van der Waals surface area contributed by atoms with Crippen molar-refractivity contribution in [1.29, 1.82) is 0 Å². The van der Waals surface area contributed by atoms with Gasteiger partial charge in [-0.15, -0.1) is 0 Å². The number of benzene rings is 3. The Balaban J connectivity index is 1.70. The molecule has 5 nitrogen and oxygen atoms in total. The molecular weight excluding hydrogens is 442 g/mol. The minimum absolute atomic E-state index is 0.166. The Bertz CT molecular complexity index is 1120. The molecule has 3 aromatic rings. The number of carbonyl (C=O) groups is 2. The maximum absolute atomic E-state index is 14.0. The average Bonchev–Trinajstić information content (AvgIpc) is 2.73. The third kappa shape index (κ3) is 5.96. The first-order valence-electron chi connectivity index (χ1n) is 9.35. The number of carbonyl (C=O) groups excluding carboxylic acids is 2. The molecular formula is C23H19Cl2FN2O3. The summed E-state index contributed by atoms with van der Waals surface area (Å²) in [5.74, 6) is -1.27. The predicted molar refractivity (Wildman–Crippen MR) is 121 cm³/mol. The third-order valence-corrected chi connectivity index (χ3v) is 5.09. The summed E-state index contributed by atoms with van der Waals surface area (Å²) in [6.45, 7) is 0. The number of aryl methyl sites for hydroxylation is 1. The molecule has 3 rings (SSSR count). The van der Waals surface area contributed by atoms with E-state index in [0.717, 1.165) is 11.6 Å². The van der Waals surface area contributed by atoms with Crippen molar-refractivity contribution in [2.75, 3.05) is 17.7 Å². The van der Waals surface area contributed by atoms with Gasteiger partial charge in [0, 0.05) is 22.2 Å².